The van der Waals surface area contributed by atoms with Gasteiger partial charge in [-0.15, -0.1) is 0 Å². The highest BCUT2D eigenvalue weighted by molar-refractivity contribution is 5.78. The first-order chi connectivity index (χ1) is 16.2. The average molecular weight is 471 g/mol. The monoisotopic (exact) mass is 470 g/mol. The van der Waals surface area contributed by atoms with E-state index in [1.165, 1.54) is 6.07 Å². The number of nitrogens with zero attached hydrogens (tertiary/aromatic N) is 1. The summed E-state index contributed by atoms with van der Waals surface area (Å²) in [4.78, 5) is 27.5. The number of carbonyl (C=O) groups is 2. The summed E-state index contributed by atoms with van der Waals surface area (Å²) in [7, 11) is 0. The van der Waals surface area contributed by atoms with Crippen molar-refractivity contribution in [3.63, 3.8) is 0 Å². The quantitative estimate of drug-likeness (QED) is 0.568. The second kappa shape index (κ2) is 12.0. The van der Waals surface area contributed by atoms with Gasteiger partial charge in [0.15, 0.2) is 0 Å². The molecule has 0 radical (unpaired) electrons. The third-order valence-corrected chi connectivity index (χ3v) is 5.69. The van der Waals surface area contributed by atoms with Crippen LogP contribution in [0.1, 0.15) is 51.2 Å². The summed E-state index contributed by atoms with van der Waals surface area (Å²) >= 11 is 0. The molecule has 2 atom stereocenters. The van der Waals surface area contributed by atoms with E-state index in [1.807, 2.05) is 35.2 Å². The molecule has 3 rings (SSSR count). The number of likely N-dealkylation sites (tertiary alicyclic amines) is 1. The Morgan fingerprint density at radius 3 is 2.53 bits per heavy atom. The zero-order valence-corrected chi connectivity index (χ0v) is 20.3. The molecule has 34 heavy (non-hydrogen) atoms. The first-order valence-corrected chi connectivity index (χ1v) is 11.9. The first-order valence-electron chi connectivity index (χ1n) is 11.9. The van der Waals surface area contributed by atoms with E-state index in [2.05, 4.69) is 5.32 Å². The van der Waals surface area contributed by atoms with E-state index in [1.54, 1.807) is 39.0 Å². The number of hydrogen-bond acceptors (Lipinski definition) is 4. The maximum atomic E-state index is 14.3. The predicted molar refractivity (Wildman–Crippen MR) is 129 cm³/mol. The summed E-state index contributed by atoms with van der Waals surface area (Å²) in [5.74, 6) is -0.442. The summed E-state index contributed by atoms with van der Waals surface area (Å²) in [5.41, 5.74) is 0.859. The van der Waals surface area contributed by atoms with E-state index in [0.29, 0.717) is 25.3 Å². The van der Waals surface area contributed by atoms with Crippen molar-refractivity contribution < 1.29 is 23.5 Å². The van der Waals surface area contributed by atoms with Gasteiger partial charge in [0.2, 0.25) is 5.91 Å². The van der Waals surface area contributed by atoms with E-state index in [-0.39, 0.29) is 30.6 Å². The Morgan fingerprint density at radius 2 is 1.82 bits per heavy atom. The largest absolute Gasteiger partial charge is 0.444 e. The van der Waals surface area contributed by atoms with E-state index in [0.717, 1.165) is 18.4 Å². The molecule has 1 heterocycles. The molecule has 2 aromatic rings. The van der Waals surface area contributed by atoms with Crippen molar-refractivity contribution >= 4 is 12.0 Å². The second-order valence-corrected chi connectivity index (χ2v) is 9.73. The number of carbonyl (C=O) groups excluding carboxylic acids is 2. The molecule has 0 spiro atoms. The number of nitrogens with one attached hydrogen (secondary N) is 1. The van der Waals surface area contributed by atoms with Crippen LogP contribution in [0.15, 0.2) is 54.6 Å². The Kier molecular flexibility index (Phi) is 9.05. The molecule has 7 heteroatoms. The summed E-state index contributed by atoms with van der Waals surface area (Å²) in [6, 6.07) is 15.7. The van der Waals surface area contributed by atoms with Gasteiger partial charge < -0.3 is 19.7 Å². The lowest BCUT2D eigenvalue weighted by Crippen LogP contribution is -2.45. The smallest absolute Gasteiger partial charge is 0.407 e. The molecule has 2 amide bonds. The van der Waals surface area contributed by atoms with Gasteiger partial charge in [0.05, 0.1) is 19.3 Å². The fourth-order valence-electron chi connectivity index (χ4n) is 4.13. The lowest BCUT2D eigenvalue weighted by atomic mass is 10.0. The van der Waals surface area contributed by atoms with Crippen molar-refractivity contribution in [3.05, 3.63) is 71.5 Å². The molecule has 6 nitrogen and oxygen atoms in total. The summed E-state index contributed by atoms with van der Waals surface area (Å²) in [5, 5.41) is 2.78. The molecule has 0 unspecified atom stereocenters. The van der Waals surface area contributed by atoms with Gasteiger partial charge in [0.25, 0.3) is 0 Å². The van der Waals surface area contributed by atoms with Crippen molar-refractivity contribution in [2.75, 3.05) is 13.2 Å². The predicted octanol–water partition coefficient (Wildman–Crippen LogP) is 4.86. The van der Waals surface area contributed by atoms with Crippen molar-refractivity contribution in [2.45, 2.75) is 70.7 Å². The third-order valence-electron chi connectivity index (χ3n) is 5.69. The van der Waals surface area contributed by atoms with Crippen LogP contribution in [-0.2, 0) is 27.3 Å². The number of amides is 2. The van der Waals surface area contributed by atoms with Gasteiger partial charge in [-0.1, -0.05) is 48.5 Å². The lowest BCUT2D eigenvalue weighted by molar-refractivity contribution is -0.133. The number of benzene rings is 2. The van der Waals surface area contributed by atoms with Gasteiger partial charge in [0, 0.05) is 19.0 Å². The van der Waals surface area contributed by atoms with Gasteiger partial charge in [-0.2, -0.15) is 0 Å². The second-order valence-electron chi connectivity index (χ2n) is 9.73. The zero-order valence-electron chi connectivity index (χ0n) is 20.3. The van der Waals surface area contributed by atoms with Crippen LogP contribution < -0.4 is 5.32 Å². The molecular weight excluding hydrogens is 435 g/mol. The van der Waals surface area contributed by atoms with Gasteiger partial charge in [-0.25, -0.2) is 9.18 Å². The zero-order chi connectivity index (χ0) is 24.6. The molecule has 0 saturated carbocycles. The molecule has 1 saturated heterocycles. The van der Waals surface area contributed by atoms with Crippen molar-refractivity contribution in [1.29, 1.82) is 0 Å². The van der Waals surface area contributed by atoms with E-state index < -0.39 is 17.7 Å². The number of ether oxygens (including phenoxy) is 2. The first kappa shape index (κ1) is 25.7. The van der Waals surface area contributed by atoms with E-state index in [4.69, 9.17) is 9.47 Å². The average Bonchev–Trinajstić information content (AvgIpc) is 3.23. The Hall–Kier alpha value is -2.93. The number of rotatable bonds is 9. The fourth-order valence-corrected chi connectivity index (χ4v) is 4.13. The van der Waals surface area contributed by atoms with Crippen LogP contribution in [0.4, 0.5) is 9.18 Å². The summed E-state index contributed by atoms with van der Waals surface area (Å²) in [6.07, 6.45) is 1.41. The van der Waals surface area contributed by atoms with Crippen LogP contribution in [0.2, 0.25) is 0 Å². The molecular formula is C27H35FN2O4. The van der Waals surface area contributed by atoms with Crippen LogP contribution in [0.3, 0.4) is 0 Å². The minimum atomic E-state index is -0.674. The molecule has 0 bridgehead atoms. The van der Waals surface area contributed by atoms with Crippen LogP contribution in [0.5, 0.6) is 0 Å². The van der Waals surface area contributed by atoms with Crippen molar-refractivity contribution in [1.82, 2.24) is 10.2 Å². The normalized spacial score (nSPS) is 16.8. The highest BCUT2D eigenvalue weighted by Crippen LogP contribution is 2.21. The SMILES string of the molecule is CC(C)(C)OC(=O)N[C@@H](CC(=O)N1CCC[C@H]1COCc1ccccc1)Cc1ccccc1F. The molecule has 184 valence electrons. The minimum absolute atomic E-state index is 0.00755. The number of hydrogen-bond donors (Lipinski definition) is 1. The molecule has 1 fully saturated rings. The van der Waals surface area contributed by atoms with Crippen LogP contribution >= 0.6 is 0 Å². The highest BCUT2D eigenvalue weighted by atomic mass is 19.1. The van der Waals surface area contributed by atoms with E-state index in [9.17, 15) is 14.0 Å². The van der Waals surface area contributed by atoms with Gasteiger partial charge in [-0.05, 0) is 57.2 Å². The van der Waals surface area contributed by atoms with Crippen LogP contribution in [-0.4, -0.2) is 47.7 Å². The van der Waals surface area contributed by atoms with Crippen LogP contribution in [0.25, 0.3) is 0 Å². The number of alkyl carbamates (subject to hydrolysis) is 1. The Balaban J connectivity index is 1.61. The topological polar surface area (TPSA) is 67.9 Å². The molecule has 1 aliphatic heterocycles. The number of halogens is 1. The highest BCUT2D eigenvalue weighted by Gasteiger charge is 2.31. The maximum absolute atomic E-state index is 14.3. The van der Waals surface area contributed by atoms with Crippen LogP contribution in [0, 0.1) is 5.82 Å². The maximum Gasteiger partial charge on any atom is 0.407 e. The molecule has 1 aliphatic rings. The molecule has 0 aliphatic carbocycles. The Morgan fingerprint density at radius 1 is 1.12 bits per heavy atom. The summed E-state index contributed by atoms with van der Waals surface area (Å²) < 4.78 is 25.5. The van der Waals surface area contributed by atoms with Gasteiger partial charge >= 0.3 is 6.09 Å². The molecule has 2 aromatic carbocycles. The van der Waals surface area contributed by atoms with E-state index >= 15 is 0 Å². The minimum Gasteiger partial charge on any atom is -0.444 e. The van der Waals surface area contributed by atoms with Crippen molar-refractivity contribution in [3.8, 4) is 0 Å². The molecule has 1 N–H and O–H groups in total. The Labute approximate surface area is 201 Å². The fraction of sp³-hybridized carbons (Fsp3) is 0.481. The standard InChI is InChI=1S/C27H35FN2O4/c1-27(2,3)34-26(32)29-22(16-21-12-7-8-14-24(21)28)17-25(31)30-15-9-13-23(30)19-33-18-20-10-5-4-6-11-20/h4-8,10-12,14,22-23H,9,13,15-19H2,1-3H3,(H,29,32)/t22-,23+/m1/s1. The lowest BCUT2D eigenvalue weighted by Gasteiger charge is -2.28. The summed E-state index contributed by atoms with van der Waals surface area (Å²) in [6.45, 7) is 6.92. The van der Waals surface area contributed by atoms with Gasteiger partial charge in [-0.3, -0.25) is 4.79 Å². The van der Waals surface area contributed by atoms with Gasteiger partial charge in [0.1, 0.15) is 11.4 Å². The van der Waals surface area contributed by atoms with Crippen molar-refractivity contribution in [2.24, 2.45) is 0 Å². The molecule has 0 aromatic heterocycles. The third kappa shape index (κ3) is 8.13. The Bertz CT molecular complexity index is 945.